The molecule has 1 N–H and O–H groups in total. The normalized spacial score (nSPS) is 10.3. The summed E-state index contributed by atoms with van der Waals surface area (Å²) in [5.74, 6) is 0. The summed E-state index contributed by atoms with van der Waals surface area (Å²) in [7, 11) is 2.10. The lowest BCUT2D eigenvalue weighted by Crippen LogP contribution is -2.18. The van der Waals surface area contributed by atoms with Crippen molar-refractivity contribution >= 4 is 5.69 Å². The van der Waals surface area contributed by atoms with E-state index in [4.69, 9.17) is 5.11 Å². The van der Waals surface area contributed by atoms with Crippen LogP contribution in [0.2, 0.25) is 0 Å². The van der Waals surface area contributed by atoms with Crippen molar-refractivity contribution in [3.8, 4) is 0 Å². The van der Waals surface area contributed by atoms with Gasteiger partial charge in [-0.2, -0.15) is 0 Å². The molecule has 0 radical (unpaired) electrons. The van der Waals surface area contributed by atoms with Gasteiger partial charge in [-0.3, -0.25) is 0 Å². The first-order valence-electron chi connectivity index (χ1n) is 5.10. The third kappa shape index (κ3) is 2.48. The van der Waals surface area contributed by atoms with Crippen LogP contribution in [0.15, 0.2) is 18.2 Å². The van der Waals surface area contributed by atoms with Crippen molar-refractivity contribution in [1.29, 1.82) is 0 Å². The first-order valence-corrected chi connectivity index (χ1v) is 5.10. The zero-order chi connectivity index (χ0) is 10.6. The second-order valence-electron chi connectivity index (χ2n) is 3.70. The number of hydrogen-bond donors (Lipinski definition) is 1. The van der Waals surface area contributed by atoms with Gasteiger partial charge in [0.25, 0.3) is 0 Å². The lowest BCUT2D eigenvalue weighted by atomic mass is 10.1. The van der Waals surface area contributed by atoms with Crippen LogP contribution in [0.25, 0.3) is 0 Å². The van der Waals surface area contributed by atoms with Gasteiger partial charge in [-0.25, -0.2) is 0 Å². The number of aliphatic hydroxyl groups is 1. The highest BCUT2D eigenvalue weighted by molar-refractivity contribution is 5.53. The van der Waals surface area contributed by atoms with Gasteiger partial charge in [-0.15, -0.1) is 0 Å². The number of aryl methyl sites for hydroxylation is 1. The lowest BCUT2D eigenvalue weighted by Gasteiger charge is -2.21. The summed E-state index contributed by atoms with van der Waals surface area (Å²) in [4.78, 5) is 2.25. The van der Waals surface area contributed by atoms with Crippen molar-refractivity contribution in [2.24, 2.45) is 0 Å². The van der Waals surface area contributed by atoms with Gasteiger partial charge >= 0.3 is 0 Å². The van der Waals surface area contributed by atoms with Crippen LogP contribution in [0.5, 0.6) is 0 Å². The molecular formula is C12H19NO. The Labute approximate surface area is 86.2 Å². The fourth-order valence-electron chi connectivity index (χ4n) is 1.70. The molecule has 0 saturated heterocycles. The molecule has 1 aromatic carbocycles. The van der Waals surface area contributed by atoms with Crippen LogP contribution in [0.1, 0.15) is 24.5 Å². The molecule has 0 aliphatic carbocycles. The van der Waals surface area contributed by atoms with Crippen LogP contribution in [0, 0.1) is 6.92 Å². The monoisotopic (exact) mass is 193 g/mol. The largest absolute Gasteiger partial charge is 0.392 e. The smallest absolute Gasteiger partial charge is 0.0681 e. The van der Waals surface area contributed by atoms with Gasteiger partial charge in [-0.05, 0) is 30.5 Å². The molecule has 0 unspecified atom stereocenters. The average molecular weight is 193 g/mol. The first-order chi connectivity index (χ1) is 6.69. The van der Waals surface area contributed by atoms with E-state index in [0.717, 1.165) is 18.5 Å². The van der Waals surface area contributed by atoms with Crippen LogP contribution < -0.4 is 4.90 Å². The Bertz CT molecular complexity index is 296. The van der Waals surface area contributed by atoms with Gasteiger partial charge in [0.1, 0.15) is 0 Å². The van der Waals surface area contributed by atoms with Crippen LogP contribution in [-0.4, -0.2) is 18.7 Å². The Kier molecular flexibility index (Phi) is 3.96. The van der Waals surface area contributed by atoms with Gasteiger partial charge < -0.3 is 10.0 Å². The Morgan fingerprint density at radius 3 is 2.57 bits per heavy atom. The fraction of sp³-hybridized carbons (Fsp3) is 0.500. The minimum atomic E-state index is 0.124. The molecule has 0 aromatic heterocycles. The summed E-state index contributed by atoms with van der Waals surface area (Å²) >= 11 is 0. The van der Waals surface area contributed by atoms with Crippen LogP contribution in [-0.2, 0) is 6.61 Å². The summed E-state index contributed by atoms with van der Waals surface area (Å²) < 4.78 is 0. The van der Waals surface area contributed by atoms with E-state index in [-0.39, 0.29) is 6.61 Å². The molecule has 14 heavy (non-hydrogen) atoms. The van der Waals surface area contributed by atoms with Crippen molar-refractivity contribution in [2.75, 3.05) is 18.5 Å². The van der Waals surface area contributed by atoms with Gasteiger partial charge in [0.05, 0.1) is 6.61 Å². The van der Waals surface area contributed by atoms with E-state index in [9.17, 15) is 0 Å². The molecule has 0 saturated carbocycles. The summed E-state index contributed by atoms with van der Waals surface area (Å²) in [5.41, 5.74) is 3.47. The summed E-state index contributed by atoms with van der Waals surface area (Å²) in [5, 5.41) is 8.98. The average Bonchev–Trinajstić information content (AvgIpc) is 2.17. The van der Waals surface area contributed by atoms with E-state index >= 15 is 0 Å². The molecule has 2 heteroatoms. The van der Waals surface area contributed by atoms with E-state index in [0.29, 0.717) is 0 Å². The number of benzene rings is 1. The third-order valence-electron chi connectivity index (χ3n) is 2.41. The van der Waals surface area contributed by atoms with Crippen molar-refractivity contribution in [1.82, 2.24) is 0 Å². The van der Waals surface area contributed by atoms with E-state index in [2.05, 4.69) is 31.9 Å². The van der Waals surface area contributed by atoms with Gasteiger partial charge in [0, 0.05) is 19.3 Å². The number of anilines is 1. The van der Waals surface area contributed by atoms with Crippen LogP contribution >= 0.6 is 0 Å². The maximum Gasteiger partial charge on any atom is 0.0681 e. The molecule has 1 rings (SSSR count). The molecule has 0 bridgehead atoms. The second kappa shape index (κ2) is 5.01. The van der Waals surface area contributed by atoms with Gasteiger partial charge in [0.15, 0.2) is 0 Å². The topological polar surface area (TPSA) is 23.5 Å². The SMILES string of the molecule is CCCN(C)c1ccc(CO)cc1C. The predicted octanol–water partition coefficient (Wildman–Crippen LogP) is 2.33. The lowest BCUT2D eigenvalue weighted by molar-refractivity contribution is 0.282. The highest BCUT2D eigenvalue weighted by atomic mass is 16.3. The summed E-state index contributed by atoms with van der Waals surface area (Å²) in [6.07, 6.45) is 1.15. The van der Waals surface area contributed by atoms with Gasteiger partial charge in [0.2, 0.25) is 0 Å². The highest BCUT2D eigenvalue weighted by Gasteiger charge is 2.03. The predicted molar refractivity (Wildman–Crippen MR) is 60.7 cm³/mol. The Morgan fingerprint density at radius 2 is 2.07 bits per heavy atom. The van der Waals surface area contributed by atoms with Crippen molar-refractivity contribution in [3.05, 3.63) is 29.3 Å². The molecule has 0 aliphatic heterocycles. The zero-order valence-electron chi connectivity index (χ0n) is 9.25. The molecule has 2 nitrogen and oxygen atoms in total. The second-order valence-corrected chi connectivity index (χ2v) is 3.70. The number of rotatable bonds is 4. The highest BCUT2D eigenvalue weighted by Crippen LogP contribution is 2.20. The first kappa shape index (κ1) is 11.1. The van der Waals surface area contributed by atoms with Gasteiger partial charge in [-0.1, -0.05) is 19.1 Å². The number of nitrogens with zero attached hydrogens (tertiary/aromatic N) is 1. The maximum absolute atomic E-state index is 8.98. The Hall–Kier alpha value is -1.02. The molecule has 0 spiro atoms. The number of aliphatic hydroxyl groups excluding tert-OH is 1. The standard InChI is InChI=1S/C12H19NO/c1-4-7-13(3)12-6-5-11(9-14)8-10(12)2/h5-6,8,14H,4,7,9H2,1-3H3. The molecule has 0 amide bonds. The summed E-state index contributed by atoms with van der Waals surface area (Å²) in [6, 6.07) is 6.10. The molecule has 0 fully saturated rings. The molecule has 0 aliphatic rings. The van der Waals surface area contributed by atoms with E-state index in [1.807, 2.05) is 12.1 Å². The molecule has 0 atom stereocenters. The Morgan fingerprint density at radius 1 is 1.36 bits per heavy atom. The van der Waals surface area contributed by atoms with Crippen molar-refractivity contribution in [2.45, 2.75) is 26.9 Å². The minimum Gasteiger partial charge on any atom is -0.392 e. The Balaban J connectivity index is 2.88. The molecule has 78 valence electrons. The minimum absolute atomic E-state index is 0.124. The molecule has 0 heterocycles. The zero-order valence-corrected chi connectivity index (χ0v) is 9.25. The van der Waals surface area contributed by atoms with E-state index in [1.54, 1.807) is 0 Å². The van der Waals surface area contributed by atoms with Crippen molar-refractivity contribution in [3.63, 3.8) is 0 Å². The van der Waals surface area contributed by atoms with Crippen LogP contribution in [0.3, 0.4) is 0 Å². The number of hydrogen-bond acceptors (Lipinski definition) is 2. The maximum atomic E-state index is 8.98. The third-order valence-corrected chi connectivity index (χ3v) is 2.41. The van der Waals surface area contributed by atoms with E-state index < -0.39 is 0 Å². The quantitative estimate of drug-likeness (QED) is 0.793. The fourth-order valence-corrected chi connectivity index (χ4v) is 1.70. The molecular weight excluding hydrogens is 174 g/mol. The summed E-state index contributed by atoms with van der Waals surface area (Å²) in [6.45, 7) is 5.45. The van der Waals surface area contributed by atoms with Crippen molar-refractivity contribution < 1.29 is 5.11 Å². The van der Waals surface area contributed by atoms with E-state index in [1.165, 1.54) is 11.3 Å². The van der Waals surface area contributed by atoms with Crippen LogP contribution in [0.4, 0.5) is 5.69 Å². The molecule has 1 aromatic rings.